The Balaban J connectivity index is 1.62. The van der Waals surface area contributed by atoms with Crippen LogP contribution in [0.15, 0.2) is 21.3 Å². The minimum Gasteiger partial charge on any atom is -0.480 e. The Bertz CT molecular complexity index is 563. The Morgan fingerprint density at radius 2 is 2.47 bits per heavy atom. The maximum Gasteiger partial charge on any atom is 0.320 e. The van der Waals surface area contributed by atoms with Gasteiger partial charge in [0.05, 0.1) is 6.54 Å². The third kappa shape index (κ3) is 2.82. The Kier molecular flexibility index (Phi) is 3.31. The SMILES string of the molecule is O=C(O)C(NCc1nc(-c2ccsc2)no1)C1CC1. The zero-order valence-electron chi connectivity index (χ0n) is 10.1. The molecule has 1 fully saturated rings. The summed E-state index contributed by atoms with van der Waals surface area (Å²) in [5, 5.41) is 19.8. The molecule has 19 heavy (non-hydrogen) atoms. The number of carboxylic acids is 1. The molecule has 2 aromatic heterocycles. The predicted molar refractivity (Wildman–Crippen MR) is 68.6 cm³/mol. The van der Waals surface area contributed by atoms with E-state index in [0.29, 0.717) is 11.7 Å². The van der Waals surface area contributed by atoms with E-state index in [1.807, 2.05) is 16.8 Å². The first-order valence-corrected chi connectivity index (χ1v) is 6.99. The van der Waals surface area contributed by atoms with Gasteiger partial charge in [-0.05, 0) is 30.2 Å². The molecule has 100 valence electrons. The Morgan fingerprint density at radius 1 is 1.63 bits per heavy atom. The third-order valence-electron chi connectivity index (χ3n) is 3.08. The molecule has 1 aliphatic carbocycles. The molecule has 0 saturated heterocycles. The molecule has 2 N–H and O–H groups in total. The molecule has 7 heteroatoms. The summed E-state index contributed by atoms with van der Waals surface area (Å²) in [7, 11) is 0. The van der Waals surface area contributed by atoms with Crippen molar-refractivity contribution in [2.24, 2.45) is 5.92 Å². The van der Waals surface area contributed by atoms with Crippen molar-refractivity contribution in [3.05, 3.63) is 22.7 Å². The van der Waals surface area contributed by atoms with E-state index >= 15 is 0 Å². The van der Waals surface area contributed by atoms with Gasteiger partial charge in [0, 0.05) is 10.9 Å². The van der Waals surface area contributed by atoms with Gasteiger partial charge in [-0.1, -0.05) is 5.16 Å². The van der Waals surface area contributed by atoms with Crippen LogP contribution in [-0.4, -0.2) is 27.3 Å². The van der Waals surface area contributed by atoms with Crippen molar-refractivity contribution in [1.29, 1.82) is 0 Å². The molecule has 0 aromatic carbocycles. The summed E-state index contributed by atoms with van der Waals surface area (Å²) in [6.07, 6.45) is 1.93. The van der Waals surface area contributed by atoms with E-state index in [1.165, 1.54) is 0 Å². The first kappa shape index (κ1) is 12.3. The highest BCUT2D eigenvalue weighted by molar-refractivity contribution is 7.08. The number of carboxylic acid groups (broad SMARTS) is 1. The molecule has 1 aliphatic rings. The summed E-state index contributed by atoms with van der Waals surface area (Å²) >= 11 is 1.56. The van der Waals surface area contributed by atoms with E-state index in [2.05, 4.69) is 15.5 Å². The molecule has 0 spiro atoms. The van der Waals surface area contributed by atoms with Crippen molar-refractivity contribution < 1.29 is 14.4 Å². The number of aliphatic carboxylic acids is 1. The molecular formula is C12H13N3O3S. The van der Waals surface area contributed by atoms with Crippen LogP contribution in [0.3, 0.4) is 0 Å². The fraction of sp³-hybridized carbons (Fsp3) is 0.417. The molecule has 3 rings (SSSR count). The van der Waals surface area contributed by atoms with E-state index in [-0.39, 0.29) is 12.5 Å². The average molecular weight is 279 g/mol. The first-order valence-electron chi connectivity index (χ1n) is 6.05. The van der Waals surface area contributed by atoms with Crippen molar-refractivity contribution in [2.75, 3.05) is 0 Å². The van der Waals surface area contributed by atoms with Crippen LogP contribution < -0.4 is 5.32 Å². The van der Waals surface area contributed by atoms with Crippen LogP contribution in [0.25, 0.3) is 11.4 Å². The highest BCUT2D eigenvalue weighted by atomic mass is 32.1. The van der Waals surface area contributed by atoms with Crippen LogP contribution in [0.4, 0.5) is 0 Å². The summed E-state index contributed by atoms with van der Waals surface area (Å²) in [5.74, 6) is 0.362. The summed E-state index contributed by atoms with van der Waals surface area (Å²) in [6, 6.07) is 1.40. The van der Waals surface area contributed by atoms with Gasteiger partial charge in [0.25, 0.3) is 0 Å². The topological polar surface area (TPSA) is 88.2 Å². The van der Waals surface area contributed by atoms with E-state index in [0.717, 1.165) is 18.4 Å². The summed E-state index contributed by atoms with van der Waals surface area (Å²) in [5.41, 5.74) is 0.914. The number of hydrogen-bond acceptors (Lipinski definition) is 6. The Labute approximate surface area is 113 Å². The molecule has 0 amide bonds. The number of thiophene rings is 1. The van der Waals surface area contributed by atoms with Gasteiger partial charge in [-0.15, -0.1) is 0 Å². The molecule has 2 heterocycles. The van der Waals surface area contributed by atoms with Crippen LogP contribution >= 0.6 is 11.3 Å². The number of carbonyl (C=O) groups is 1. The molecular weight excluding hydrogens is 266 g/mol. The van der Waals surface area contributed by atoms with Gasteiger partial charge in [-0.25, -0.2) is 0 Å². The minimum absolute atomic E-state index is 0.233. The van der Waals surface area contributed by atoms with Crippen molar-refractivity contribution in [1.82, 2.24) is 15.5 Å². The summed E-state index contributed by atoms with van der Waals surface area (Å²) in [4.78, 5) is 15.3. The average Bonchev–Trinajstić information content (AvgIpc) is 2.92. The molecule has 6 nitrogen and oxygen atoms in total. The number of aromatic nitrogens is 2. The van der Waals surface area contributed by atoms with Gasteiger partial charge in [-0.3, -0.25) is 10.1 Å². The molecule has 0 aliphatic heterocycles. The third-order valence-corrected chi connectivity index (χ3v) is 3.76. The van der Waals surface area contributed by atoms with E-state index in [9.17, 15) is 4.79 Å². The van der Waals surface area contributed by atoms with Gasteiger partial charge < -0.3 is 9.63 Å². The van der Waals surface area contributed by atoms with Crippen LogP contribution in [0, 0.1) is 5.92 Å². The molecule has 1 unspecified atom stereocenters. The van der Waals surface area contributed by atoms with Crippen molar-refractivity contribution in [3.8, 4) is 11.4 Å². The Hall–Kier alpha value is -1.73. The van der Waals surface area contributed by atoms with Crippen LogP contribution in [0.1, 0.15) is 18.7 Å². The van der Waals surface area contributed by atoms with Gasteiger partial charge >= 0.3 is 5.97 Å². The molecule has 0 bridgehead atoms. The zero-order chi connectivity index (χ0) is 13.2. The second kappa shape index (κ2) is 5.10. The maximum absolute atomic E-state index is 11.1. The predicted octanol–water partition coefficient (Wildman–Crippen LogP) is 1.75. The second-order valence-electron chi connectivity index (χ2n) is 4.56. The lowest BCUT2D eigenvalue weighted by atomic mass is 10.2. The van der Waals surface area contributed by atoms with Crippen molar-refractivity contribution in [2.45, 2.75) is 25.4 Å². The maximum atomic E-state index is 11.1. The lowest BCUT2D eigenvalue weighted by molar-refractivity contribution is -0.140. The number of nitrogens with one attached hydrogen (secondary N) is 1. The number of rotatable bonds is 6. The van der Waals surface area contributed by atoms with E-state index < -0.39 is 12.0 Å². The normalized spacial score (nSPS) is 16.4. The van der Waals surface area contributed by atoms with Crippen molar-refractivity contribution in [3.63, 3.8) is 0 Å². The summed E-state index contributed by atoms with van der Waals surface area (Å²) < 4.78 is 5.11. The molecule has 1 saturated carbocycles. The lowest BCUT2D eigenvalue weighted by Crippen LogP contribution is -2.38. The summed E-state index contributed by atoms with van der Waals surface area (Å²) in [6.45, 7) is 0.282. The minimum atomic E-state index is -0.819. The van der Waals surface area contributed by atoms with E-state index in [4.69, 9.17) is 9.63 Å². The number of hydrogen-bond donors (Lipinski definition) is 2. The van der Waals surface area contributed by atoms with Crippen LogP contribution in [-0.2, 0) is 11.3 Å². The number of nitrogens with zero attached hydrogens (tertiary/aromatic N) is 2. The highest BCUT2D eigenvalue weighted by Gasteiger charge is 2.36. The van der Waals surface area contributed by atoms with Gasteiger partial charge in [0.15, 0.2) is 0 Å². The van der Waals surface area contributed by atoms with Crippen molar-refractivity contribution >= 4 is 17.3 Å². The largest absolute Gasteiger partial charge is 0.480 e. The van der Waals surface area contributed by atoms with Crippen LogP contribution in [0.2, 0.25) is 0 Å². The first-order chi connectivity index (χ1) is 9.24. The smallest absolute Gasteiger partial charge is 0.320 e. The highest BCUT2D eigenvalue weighted by Crippen LogP contribution is 2.32. The molecule has 2 aromatic rings. The van der Waals surface area contributed by atoms with Gasteiger partial charge in [-0.2, -0.15) is 16.3 Å². The fourth-order valence-corrected chi connectivity index (χ4v) is 2.55. The van der Waals surface area contributed by atoms with Crippen LogP contribution in [0.5, 0.6) is 0 Å². The monoisotopic (exact) mass is 279 g/mol. The molecule has 0 radical (unpaired) electrons. The fourth-order valence-electron chi connectivity index (χ4n) is 1.92. The standard InChI is InChI=1S/C12H13N3O3S/c16-12(17)10(7-1-2-7)13-5-9-14-11(15-18-9)8-3-4-19-6-8/h3-4,6-7,10,13H,1-2,5H2,(H,16,17). The second-order valence-corrected chi connectivity index (χ2v) is 5.34. The quantitative estimate of drug-likeness (QED) is 0.837. The van der Waals surface area contributed by atoms with E-state index in [1.54, 1.807) is 11.3 Å². The Morgan fingerprint density at radius 3 is 3.11 bits per heavy atom. The van der Waals surface area contributed by atoms with Gasteiger partial charge in [0.2, 0.25) is 11.7 Å². The lowest BCUT2D eigenvalue weighted by Gasteiger charge is -2.10. The van der Waals surface area contributed by atoms with Gasteiger partial charge in [0.1, 0.15) is 6.04 Å². The zero-order valence-corrected chi connectivity index (χ0v) is 10.9. The molecule has 1 atom stereocenters.